The molecule has 30 heavy (non-hydrogen) atoms. The summed E-state index contributed by atoms with van der Waals surface area (Å²) in [6, 6.07) is 9.57. The summed E-state index contributed by atoms with van der Waals surface area (Å²) in [4.78, 5) is 34.0. The van der Waals surface area contributed by atoms with Gasteiger partial charge in [-0.25, -0.2) is 9.67 Å². The van der Waals surface area contributed by atoms with Crippen LogP contribution in [0, 0.1) is 27.7 Å². The highest BCUT2D eigenvalue weighted by atomic mass is 32.1. The number of amides is 1. The van der Waals surface area contributed by atoms with Gasteiger partial charge in [-0.05, 0) is 57.5 Å². The summed E-state index contributed by atoms with van der Waals surface area (Å²) in [5.74, 6) is 0.391. The molecule has 0 atom stereocenters. The molecule has 3 heterocycles. The molecule has 0 aliphatic carbocycles. The number of hydrogen-bond acceptors (Lipinski definition) is 5. The van der Waals surface area contributed by atoms with Crippen molar-refractivity contribution in [2.75, 3.05) is 5.32 Å². The maximum Gasteiger partial charge on any atom is 0.259 e. The van der Waals surface area contributed by atoms with E-state index in [0.29, 0.717) is 23.3 Å². The quantitative estimate of drug-likeness (QED) is 0.510. The van der Waals surface area contributed by atoms with E-state index < -0.39 is 0 Å². The van der Waals surface area contributed by atoms with E-state index in [1.54, 1.807) is 0 Å². The van der Waals surface area contributed by atoms with Gasteiger partial charge in [0.1, 0.15) is 10.7 Å². The molecule has 0 aliphatic rings. The van der Waals surface area contributed by atoms with Crippen LogP contribution in [0.1, 0.15) is 34.1 Å². The molecule has 0 saturated carbocycles. The zero-order valence-electron chi connectivity index (χ0n) is 17.4. The summed E-state index contributed by atoms with van der Waals surface area (Å²) >= 11 is 1.51. The van der Waals surface area contributed by atoms with Crippen LogP contribution in [0.3, 0.4) is 0 Å². The number of nitrogens with one attached hydrogen (secondary N) is 2. The summed E-state index contributed by atoms with van der Waals surface area (Å²) < 4.78 is 1.85. The molecule has 0 unspecified atom stereocenters. The van der Waals surface area contributed by atoms with Crippen molar-refractivity contribution in [2.45, 2.75) is 40.5 Å². The summed E-state index contributed by atoms with van der Waals surface area (Å²) in [6.45, 7) is 7.85. The molecule has 0 bridgehead atoms. The number of nitrogens with zero attached hydrogens (tertiary/aromatic N) is 3. The van der Waals surface area contributed by atoms with Crippen LogP contribution in [-0.2, 0) is 11.2 Å². The molecule has 7 nitrogen and oxygen atoms in total. The van der Waals surface area contributed by atoms with Crippen molar-refractivity contribution >= 4 is 33.1 Å². The van der Waals surface area contributed by atoms with Gasteiger partial charge in [0, 0.05) is 29.1 Å². The number of carbonyl (C=O) groups is 1. The molecule has 0 fully saturated rings. The average Bonchev–Trinajstić information content (AvgIpc) is 3.18. The molecule has 0 radical (unpaired) electrons. The Labute approximate surface area is 177 Å². The van der Waals surface area contributed by atoms with Crippen molar-refractivity contribution in [2.24, 2.45) is 0 Å². The number of H-pyrrole nitrogens is 1. The maximum absolute atomic E-state index is 12.5. The fourth-order valence-corrected chi connectivity index (χ4v) is 4.53. The number of thiophene rings is 1. The molecule has 0 saturated heterocycles. The van der Waals surface area contributed by atoms with Gasteiger partial charge in [-0.1, -0.05) is 6.07 Å². The lowest BCUT2D eigenvalue weighted by molar-refractivity contribution is -0.116. The Morgan fingerprint density at radius 3 is 2.73 bits per heavy atom. The van der Waals surface area contributed by atoms with E-state index in [1.807, 2.05) is 62.7 Å². The fourth-order valence-electron chi connectivity index (χ4n) is 3.48. The highest BCUT2D eigenvalue weighted by Gasteiger charge is 2.13. The summed E-state index contributed by atoms with van der Waals surface area (Å²) in [5, 5.41) is 8.04. The van der Waals surface area contributed by atoms with Crippen molar-refractivity contribution in [3.05, 3.63) is 68.3 Å². The SMILES string of the molecule is Cc1cc(C)n(-c2cccc(NC(=O)CCc3nc4sc(C)c(C)c4c(=O)[nH]3)c2)n1. The van der Waals surface area contributed by atoms with Crippen LogP contribution in [0.15, 0.2) is 35.1 Å². The van der Waals surface area contributed by atoms with Gasteiger partial charge < -0.3 is 10.3 Å². The number of anilines is 1. The van der Waals surface area contributed by atoms with E-state index in [-0.39, 0.29) is 17.9 Å². The Hall–Kier alpha value is -3.26. The topological polar surface area (TPSA) is 92.7 Å². The number of fused-ring (bicyclic) bond motifs is 1. The number of aryl methyl sites for hydroxylation is 5. The number of aromatic amines is 1. The summed E-state index contributed by atoms with van der Waals surface area (Å²) in [5.41, 5.74) is 4.38. The zero-order valence-corrected chi connectivity index (χ0v) is 18.2. The first-order chi connectivity index (χ1) is 14.3. The number of carbonyl (C=O) groups excluding carboxylic acids is 1. The Morgan fingerprint density at radius 2 is 2.00 bits per heavy atom. The van der Waals surface area contributed by atoms with E-state index in [4.69, 9.17) is 0 Å². The first-order valence-electron chi connectivity index (χ1n) is 9.74. The third-order valence-electron chi connectivity index (χ3n) is 5.06. The summed E-state index contributed by atoms with van der Waals surface area (Å²) in [6.07, 6.45) is 0.589. The van der Waals surface area contributed by atoms with E-state index in [2.05, 4.69) is 20.4 Å². The van der Waals surface area contributed by atoms with Gasteiger partial charge in [-0.2, -0.15) is 5.10 Å². The molecule has 8 heteroatoms. The molecule has 0 aliphatic heterocycles. The normalized spacial score (nSPS) is 11.2. The smallest absolute Gasteiger partial charge is 0.259 e. The van der Waals surface area contributed by atoms with Gasteiger partial charge in [-0.3, -0.25) is 9.59 Å². The minimum absolute atomic E-state index is 0.137. The molecule has 3 aromatic heterocycles. The molecule has 1 aromatic carbocycles. The minimum Gasteiger partial charge on any atom is -0.326 e. The molecule has 154 valence electrons. The third-order valence-corrected chi connectivity index (χ3v) is 6.16. The number of hydrogen-bond donors (Lipinski definition) is 2. The minimum atomic E-state index is -0.144. The Kier molecular flexibility index (Phi) is 5.26. The van der Waals surface area contributed by atoms with E-state index in [9.17, 15) is 9.59 Å². The van der Waals surface area contributed by atoms with Crippen LogP contribution >= 0.6 is 11.3 Å². The van der Waals surface area contributed by atoms with Gasteiger partial charge in [0.2, 0.25) is 5.91 Å². The highest BCUT2D eigenvalue weighted by molar-refractivity contribution is 7.18. The van der Waals surface area contributed by atoms with Crippen molar-refractivity contribution in [3.8, 4) is 5.69 Å². The molecule has 4 rings (SSSR count). The Balaban J connectivity index is 1.46. The third kappa shape index (κ3) is 3.91. The van der Waals surface area contributed by atoms with E-state index in [0.717, 1.165) is 32.3 Å². The van der Waals surface area contributed by atoms with Crippen LogP contribution in [0.25, 0.3) is 15.9 Å². The summed E-state index contributed by atoms with van der Waals surface area (Å²) in [7, 11) is 0. The van der Waals surface area contributed by atoms with Crippen molar-refractivity contribution < 1.29 is 4.79 Å². The molecule has 0 spiro atoms. The zero-order chi connectivity index (χ0) is 21.4. The Bertz CT molecular complexity index is 1320. The number of rotatable bonds is 5. The number of benzene rings is 1. The second-order valence-corrected chi connectivity index (χ2v) is 8.62. The highest BCUT2D eigenvalue weighted by Crippen LogP contribution is 2.25. The fraction of sp³-hybridized carbons (Fsp3) is 0.273. The second kappa shape index (κ2) is 7.87. The predicted molar refractivity (Wildman–Crippen MR) is 120 cm³/mol. The van der Waals surface area contributed by atoms with Crippen LogP contribution in [0.4, 0.5) is 5.69 Å². The van der Waals surface area contributed by atoms with Gasteiger partial charge in [0.05, 0.1) is 16.8 Å². The Morgan fingerprint density at radius 1 is 1.20 bits per heavy atom. The second-order valence-electron chi connectivity index (χ2n) is 7.41. The number of aromatic nitrogens is 4. The van der Waals surface area contributed by atoms with Gasteiger partial charge in [0.15, 0.2) is 0 Å². The molecular weight excluding hydrogens is 398 g/mol. The van der Waals surface area contributed by atoms with Gasteiger partial charge >= 0.3 is 0 Å². The lowest BCUT2D eigenvalue weighted by Gasteiger charge is -2.09. The molecule has 1 amide bonds. The van der Waals surface area contributed by atoms with Gasteiger partial charge in [-0.15, -0.1) is 11.3 Å². The monoisotopic (exact) mass is 421 g/mol. The lowest BCUT2D eigenvalue weighted by atomic mass is 10.2. The standard InChI is InChI=1S/C22H23N5O2S/c1-12-10-13(2)27(26-12)17-7-5-6-16(11-17)23-19(28)9-8-18-24-21(29)20-14(3)15(4)30-22(20)25-18/h5-7,10-11H,8-9H2,1-4H3,(H,23,28)(H,24,25,29). The van der Waals surface area contributed by atoms with Crippen molar-refractivity contribution in [1.82, 2.24) is 19.7 Å². The predicted octanol–water partition coefficient (Wildman–Crippen LogP) is 3.98. The van der Waals surface area contributed by atoms with E-state index in [1.165, 1.54) is 11.3 Å². The molecular formula is C22H23N5O2S. The van der Waals surface area contributed by atoms with E-state index >= 15 is 0 Å². The van der Waals surface area contributed by atoms with Crippen LogP contribution in [-0.4, -0.2) is 25.7 Å². The van der Waals surface area contributed by atoms with Crippen LogP contribution in [0.2, 0.25) is 0 Å². The van der Waals surface area contributed by atoms with Gasteiger partial charge in [0.25, 0.3) is 5.56 Å². The maximum atomic E-state index is 12.5. The van der Waals surface area contributed by atoms with Crippen LogP contribution < -0.4 is 10.9 Å². The molecule has 4 aromatic rings. The molecule has 2 N–H and O–H groups in total. The average molecular weight is 422 g/mol. The largest absolute Gasteiger partial charge is 0.326 e. The lowest BCUT2D eigenvalue weighted by Crippen LogP contribution is -2.16. The van der Waals surface area contributed by atoms with Crippen LogP contribution in [0.5, 0.6) is 0 Å². The first kappa shape index (κ1) is 20.0. The van der Waals surface area contributed by atoms with Crippen molar-refractivity contribution in [3.63, 3.8) is 0 Å². The van der Waals surface area contributed by atoms with Crippen molar-refractivity contribution in [1.29, 1.82) is 0 Å². The first-order valence-corrected chi connectivity index (χ1v) is 10.6.